The lowest BCUT2D eigenvalue weighted by Gasteiger charge is -2.13. The van der Waals surface area contributed by atoms with Crippen molar-refractivity contribution in [1.29, 1.82) is 0 Å². The van der Waals surface area contributed by atoms with Crippen LogP contribution in [0.1, 0.15) is 12.5 Å². The zero-order chi connectivity index (χ0) is 12.5. The predicted molar refractivity (Wildman–Crippen MR) is 66.2 cm³/mol. The van der Waals surface area contributed by atoms with E-state index in [-0.39, 0.29) is 10.4 Å². The van der Waals surface area contributed by atoms with Gasteiger partial charge in [0, 0.05) is 12.1 Å². The summed E-state index contributed by atoms with van der Waals surface area (Å²) in [4.78, 5) is 5.35. The molecule has 0 atom stereocenters. The van der Waals surface area contributed by atoms with Crippen LogP contribution in [0.2, 0.25) is 0 Å². The van der Waals surface area contributed by atoms with Crippen LogP contribution >= 0.6 is 0 Å². The van der Waals surface area contributed by atoms with Gasteiger partial charge in [-0.3, -0.25) is 4.55 Å². The molecule has 0 aromatic heterocycles. The summed E-state index contributed by atoms with van der Waals surface area (Å²) < 4.78 is 31.0. The standard InChI is InChI=1S/C11H13NO4S.H2O/c1-2-12-7-6-11(16-12)9-4-3-5-10(8-9)17(13,14)15;/h3-6,8H,2,7H2,1H3,(H,13,14,15);1H2. The molecule has 2 rings (SSSR count). The average molecular weight is 273 g/mol. The molecule has 3 N–H and O–H groups in total. The Morgan fingerprint density at radius 3 is 2.72 bits per heavy atom. The molecular weight excluding hydrogens is 258 g/mol. The topological polar surface area (TPSA) is 98.3 Å². The van der Waals surface area contributed by atoms with Gasteiger partial charge in [-0.25, -0.2) is 0 Å². The second-order valence-corrected chi connectivity index (χ2v) is 5.06. The third-order valence-electron chi connectivity index (χ3n) is 2.48. The SMILES string of the molecule is CCN1CC=C(c2cccc(S(=O)(=O)O)c2)O1.O. The Labute approximate surface area is 105 Å². The Morgan fingerprint density at radius 2 is 2.17 bits per heavy atom. The monoisotopic (exact) mass is 273 g/mol. The highest BCUT2D eigenvalue weighted by Crippen LogP contribution is 2.24. The van der Waals surface area contributed by atoms with E-state index in [1.54, 1.807) is 17.2 Å². The van der Waals surface area contributed by atoms with Gasteiger partial charge in [0.15, 0.2) is 5.76 Å². The fraction of sp³-hybridized carbons (Fsp3) is 0.273. The van der Waals surface area contributed by atoms with Crippen molar-refractivity contribution in [3.8, 4) is 0 Å². The van der Waals surface area contributed by atoms with Crippen molar-refractivity contribution in [3.05, 3.63) is 35.9 Å². The third-order valence-corrected chi connectivity index (χ3v) is 3.33. The highest BCUT2D eigenvalue weighted by Gasteiger charge is 2.17. The summed E-state index contributed by atoms with van der Waals surface area (Å²) in [5, 5.41) is 1.75. The molecule has 6 nitrogen and oxygen atoms in total. The van der Waals surface area contributed by atoms with Crippen LogP contribution in [0.5, 0.6) is 0 Å². The van der Waals surface area contributed by atoms with Crippen LogP contribution in [-0.4, -0.2) is 36.6 Å². The Balaban J connectivity index is 0.00000162. The number of rotatable bonds is 3. The molecule has 0 radical (unpaired) electrons. The fourth-order valence-corrected chi connectivity index (χ4v) is 2.10. The van der Waals surface area contributed by atoms with E-state index in [0.717, 1.165) is 6.54 Å². The van der Waals surface area contributed by atoms with Crippen molar-refractivity contribution in [2.75, 3.05) is 13.1 Å². The molecule has 18 heavy (non-hydrogen) atoms. The van der Waals surface area contributed by atoms with Crippen molar-refractivity contribution in [2.24, 2.45) is 0 Å². The van der Waals surface area contributed by atoms with Gasteiger partial charge < -0.3 is 10.3 Å². The van der Waals surface area contributed by atoms with Crippen LogP contribution in [0.4, 0.5) is 0 Å². The molecule has 1 aromatic carbocycles. The van der Waals surface area contributed by atoms with Crippen LogP contribution in [0.25, 0.3) is 5.76 Å². The molecule has 1 aliphatic rings. The summed E-state index contributed by atoms with van der Waals surface area (Å²) in [5.41, 5.74) is 0.635. The molecule has 0 spiro atoms. The summed E-state index contributed by atoms with van der Waals surface area (Å²) in [6.45, 7) is 3.38. The van der Waals surface area contributed by atoms with Crippen LogP contribution in [0, 0.1) is 0 Å². The molecule has 0 saturated heterocycles. The highest BCUT2D eigenvalue weighted by molar-refractivity contribution is 7.85. The van der Waals surface area contributed by atoms with E-state index < -0.39 is 10.1 Å². The first-order valence-corrected chi connectivity index (χ1v) is 6.65. The Morgan fingerprint density at radius 1 is 1.44 bits per heavy atom. The predicted octanol–water partition coefficient (Wildman–Crippen LogP) is 0.717. The first-order valence-electron chi connectivity index (χ1n) is 5.21. The maximum absolute atomic E-state index is 11.0. The third kappa shape index (κ3) is 3.08. The summed E-state index contributed by atoms with van der Waals surface area (Å²) in [5.74, 6) is 0.609. The lowest BCUT2D eigenvalue weighted by Crippen LogP contribution is -2.17. The maximum Gasteiger partial charge on any atom is 0.294 e. The summed E-state index contributed by atoms with van der Waals surface area (Å²) in [6.07, 6.45) is 1.87. The zero-order valence-electron chi connectivity index (χ0n) is 9.83. The van der Waals surface area contributed by atoms with E-state index in [1.807, 2.05) is 13.0 Å². The molecule has 0 amide bonds. The minimum Gasteiger partial charge on any atom is -0.412 e. The minimum absolute atomic E-state index is 0. The van der Waals surface area contributed by atoms with Crippen molar-refractivity contribution >= 4 is 15.9 Å². The van der Waals surface area contributed by atoms with Gasteiger partial charge in [-0.2, -0.15) is 8.42 Å². The first-order chi connectivity index (χ1) is 8.00. The maximum atomic E-state index is 11.0. The molecule has 0 unspecified atom stereocenters. The van der Waals surface area contributed by atoms with E-state index in [2.05, 4.69) is 0 Å². The van der Waals surface area contributed by atoms with Gasteiger partial charge in [-0.05, 0) is 25.1 Å². The van der Waals surface area contributed by atoms with Gasteiger partial charge in [-0.1, -0.05) is 12.1 Å². The van der Waals surface area contributed by atoms with E-state index in [4.69, 9.17) is 9.39 Å². The number of nitrogens with zero attached hydrogens (tertiary/aromatic N) is 1. The summed E-state index contributed by atoms with van der Waals surface area (Å²) >= 11 is 0. The van der Waals surface area contributed by atoms with Crippen LogP contribution in [-0.2, 0) is 15.0 Å². The molecule has 7 heteroatoms. The smallest absolute Gasteiger partial charge is 0.294 e. The molecule has 1 aromatic rings. The molecule has 1 heterocycles. The van der Waals surface area contributed by atoms with Crippen LogP contribution in [0.3, 0.4) is 0 Å². The lowest BCUT2D eigenvalue weighted by molar-refractivity contribution is -0.0559. The van der Waals surface area contributed by atoms with Crippen LogP contribution < -0.4 is 0 Å². The van der Waals surface area contributed by atoms with Crippen molar-refractivity contribution in [3.63, 3.8) is 0 Å². The Bertz CT molecular complexity index is 552. The molecule has 1 aliphatic heterocycles. The van der Waals surface area contributed by atoms with Gasteiger partial charge in [0.25, 0.3) is 10.1 Å². The van der Waals surface area contributed by atoms with Gasteiger partial charge >= 0.3 is 0 Å². The molecule has 0 saturated carbocycles. The lowest BCUT2D eigenvalue weighted by atomic mass is 10.2. The van der Waals surface area contributed by atoms with Gasteiger partial charge in [0.1, 0.15) is 0 Å². The van der Waals surface area contributed by atoms with Gasteiger partial charge in [-0.15, -0.1) is 5.06 Å². The fourth-order valence-electron chi connectivity index (χ4n) is 1.57. The van der Waals surface area contributed by atoms with Crippen molar-refractivity contribution in [2.45, 2.75) is 11.8 Å². The second-order valence-electron chi connectivity index (χ2n) is 3.64. The van der Waals surface area contributed by atoms with E-state index in [0.29, 0.717) is 17.9 Å². The average Bonchev–Trinajstić information content (AvgIpc) is 2.76. The van der Waals surface area contributed by atoms with Crippen LogP contribution in [0.15, 0.2) is 35.2 Å². The van der Waals surface area contributed by atoms with Gasteiger partial charge in [0.2, 0.25) is 0 Å². The second kappa shape index (κ2) is 5.49. The summed E-state index contributed by atoms with van der Waals surface area (Å²) in [7, 11) is -4.17. The molecule has 0 aliphatic carbocycles. The van der Waals surface area contributed by atoms with E-state index in [1.165, 1.54) is 12.1 Å². The Hall–Kier alpha value is -1.41. The first kappa shape index (κ1) is 14.7. The van der Waals surface area contributed by atoms with E-state index >= 15 is 0 Å². The van der Waals surface area contributed by atoms with Crippen molar-refractivity contribution < 1.29 is 23.3 Å². The number of hydrogen-bond donors (Lipinski definition) is 1. The number of benzene rings is 1. The number of hydroxylamine groups is 2. The van der Waals surface area contributed by atoms with Gasteiger partial charge in [0.05, 0.1) is 11.4 Å². The Kier molecular flexibility index (Phi) is 4.47. The highest BCUT2D eigenvalue weighted by atomic mass is 32.2. The number of hydrogen-bond acceptors (Lipinski definition) is 4. The quantitative estimate of drug-likeness (QED) is 0.818. The van der Waals surface area contributed by atoms with Crippen molar-refractivity contribution in [1.82, 2.24) is 5.06 Å². The van der Waals surface area contributed by atoms with E-state index in [9.17, 15) is 8.42 Å². The largest absolute Gasteiger partial charge is 0.412 e. The summed E-state index contributed by atoms with van der Waals surface area (Å²) in [6, 6.07) is 6.03. The minimum atomic E-state index is -4.17. The molecule has 0 fully saturated rings. The molecule has 0 bridgehead atoms. The normalized spacial score (nSPS) is 15.8. The molecular formula is C11H15NO5S. The zero-order valence-corrected chi connectivity index (χ0v) is 10.6. The molecule has 100 valence electrons. The number of likely N-dealkylation sites (N-methyl/N-ethyl adjacent to an activating group) is 1.